The SMILES string of the molecule is C[C@H](Nc1ncnc2c1NC(=O)CN2)c1ccc2c(c1)OCO2. The highest BCUT2D eigenvalue weighted by atomic mass is 16.7. The van der Waals surface area contributed by atoms with E-state index in [4.69, 9.17) is 9.47 Å². The molecule has 23 heavy (non-hydrogen) atoms. The summed E-state index contributed by atoms with van der Waals surface area (Å²) >= 11 is 0. The molecule has 0 aliphatic carbocycles. The van der Waals surface area contributed by atoms with Gasteiger partial charge in [0, 0.05) is 0 Å². The first-order valence-corrected chi connectivity index (χ1v) is 7.25. The number of rotatable bonds is 3. The number of aromatic nitrogens is 2. The molecule has 0 spiro atoms. The quantitative estimate of drug-likeness (QED) is 0.794. The van der Waals surface area contributed by atoms with E-state index in [2.05, 4.69) is 25.9 Å². The summed E-state index contributed by atoms with van der Waals surface area (Å²) in [6, 6.07) is 5.75. The molecule has 3 heterocycles. The van der Waals surface area contributed by atoms with Crippen molar-refractivity contribution >= 4 is 23.2 Å². The van der Waals surface area contributed by atoms with Crippen LogP contribution in [0, 0.1) is 0 Å². The summed E-state index contributed by atoms with van der Waals surface area (Å²) in [5, 5.41) is 9.05. The Hall–Kier alpha value is -3.03. The summed E-state index contributed by atoms with van der Waals surface area (Å²) < 4.78 is 10.7. The van der Waals surface area contributed by atoms with E-state index in [1.807, 2.05) is 25.1 Å². The second-order valence-corrected chi connectivity index (χ2v) is 5.33. The van der Waals surface area contributed by atoms with E-state index in [9.17, 15) is 4.79 Å². The molecule has 1 aromatic carbocycles. The molecule has 2 aliphatic rings. The zero-order chi connectivity index (χ0) is 15.8. The second kappa shape index (κ2) is 5.31. The monoisotopic (exact) mass is 313 g/mol. The molecule has 0 radical (unpaired) electrons. The molecule has 1 atom stereocenters. The fourth-order valence-electron chi connectivity index (χ4n) is 2.57. The molecule has 3 N–H and O–H groups in total. The maximum atomic E-state index is 11.6. The summed E-state index contributed by atoms with van der Waals surface area (Å²) in [5.74, 6) is 2.54. The third kappa shape index (κ3) is 2.48. The van der Waals surface area contributed by atoms with Crippen molar-refractivity contribution in [2.45, 2.75) is 13.0 Å². The van der Waals surface area contributed by atoms with Crippen LogP contribution in [0.3, 0.4) is 0 Å². The number of ether oxygens (including phenoxy) is 2. The van der Waals surface area contributed by atoms with E-state index in [0.717, 1.165) is 17.1 Å². The van der Waals surface area contributed by atoms with E-state index in [0.29, 0.717) is 17.3 Å². The fourth-order valence-corrected chi connectivity index (χ4v) is 2.57. The molecule has 1 aromatic heterocycles. The Morgan fingerprint density at radius 1 is 1.26 bits per heavy atom. The van der Waals surface area contributed by atoms with Crippen molar-refractivity contribution in [2.75, 3.05) is 29.3 Å². The third-order valence-electron chi connectivity index (χ3n) is 3.78. The highest BCUT2D eigenvalue weighted by molar-refractivity contribution is 6.02. The zero-order valence-corrected chi connectivity index (χ0v) is 12.4. The number of hydrogen-bond donors (Lipinski definition) is 3. The number of carbonyl (C=O) groups excluding carboxylic acids is 1. The van der Waals surface area contributed by atoms with Crippen LogP contribution in [0.5, 0.6) is 11.5 Å². The Balaban J connectivity index is 1.60. The minimum absolute atomic E-state index is 0.0395. The molecular weight excluding hydrogens is 298 g/mol. The van der Waals surface area contributed by atoms with Gasteiger partial charge >= 0.3 is 0 Å². The predicted molar refractivity (Wildman–Crippen MR) is 83.8 cm³/mol. The van der Waals surface area contributed by atoms with Gasteiger partial charge in [0.05, 0.1) is 12.6 Å². The number of amides is 1. The summed E-state index contributed by atoms with van der Waals surface area (Å²) in [4.78, 5) is 19.9. The number of carbonyl (C=O) groups is 1. The maximum Gasteiger partial charge on any atom is 0.243 e. The van der Waals surface area contributed by atoms with Crippen LogP contribution in [0.2, 0.25) is 0 Å². The van der Waals surface area contributed by atoms with Gasteiger partial charge in [-0.15, -0.1) is 0 Å². The Morgan fingerprint density at radius 2 is 2.13 bits per heavy atom. The summed E-state index contributed by atoms with van der Waals surface area (Å²) in [6.07, 6.45) is 1.46. The lowest BCUT2D eigenvalue weighted by Gasteiger charge is -2.22. The molecule has 0 bridgehead atoms. The molecule has 118 valence electrons. The van der Waals surface area contributed by atoms with Crippen LogP contribution in [0.15, 0.2) is 24.5 Å². The zero-order valence-electron chi connectivity index (χ0n) is 12.4. The van der Waals surface area contributed by atoms with Gasteiger partial charge in [-0.05, 0) is 24.6 Å². The smallest absolute Gasteiger partial charge is 0.243 e. The second-order valence-electron chi connectivity index (χ2n) is 5.33. The first-order valence-electron chi connectivity index (χ1n) is 7.25. The van der Waals surface area contributed by atoms with E-state index in [-0.39, 0.29) is 25.3 Å². The van der Waals surface area contributed by atoms with E-state index in [1.165, 1.54) is 6.33 Å². The van der Waals surface area contributed by atoms with Crippen molar-refractivity contribution < 1.29 is 14.3 Å². The number of anilines is 3. The molecule has 8 heteroatoms. The van der Waals surface area contributed by atoms with Crippen LogP contribution in [-0.4, -0.2) is 29.2 Å². The lowest BCUT2D eigenvalue weighted by atomic mass is 10.1. The average Bonchev–Trinajstić information content (AvgIpc) is 3.03. The van der Waals surface area contributed by atoms with Gasteiger partial charge in [-0.25, -0.2) is 9.97 Å². The Labute approximate surface area is 132 Å². The van der Waals surface area contributed by atoms with Crippen LogP contribution in [0.25, 0.3) is 0 Å². The Morgan fingerprint density at radius 3 is 3.04 bits per heavy atom. The predicted octanol–water partition coefficient (Wildman–Crippen LogP) is 1.74. The van der Waals surface area contributed by atoms with Gasteiger partial charge in [-0.1, -0.05) is 6.07 Å². The topological polar surface area (TPSA) is 97.4 Å². The van der Waals surface area contributed by atoms with E-state index in [1.54, 1.807) is 0 Å². The van der Waals surface area contributed by atoms with Crippen LogP contribution in [0.1, 0.15) is 18.5 Å². The Bertz CT molecular complexity index is 780. The van der Waals surface area contributed by atoms with E-state index < -0.39 is 0 Å². The Kier molecular flexibility index (Phi) is 3.14. The number of fused-ring (bicyclic) bond motifs is 2. The lowest BCUT2D eigenvalue weighted by Crippen LogP contribution is -2.29. The van der Waals surface area contributed by atoms with Crippen LogP contribution >= 0.6 is 0 Å². The summed E-state index contributed by atoms with van der Waals surface area (Å²) in [7, 11) is 0. The van der Waals surface area contributed by atoms with Gasteiger partial charge in [0.15, 0.2) is 23.1 Å². The number of nitrogens with zero attached hydrogens (tertiary/aromatic N) is 2. The number of benzene rings is 1. The highest BCUT2D eigenvalue weighted by Crippen LogP contribution is 2.36. The van der Waals surface area contributed by atoms with Crippen molar-refractivity contribution in [1.82, 2.24) is 9.97 Å². The van der Waals surface area contributed by atoms with Gasteiger partial charge in [0.25, 0.3) is 0 Å². The van der Waals surface area contributed by atoms with Gasteiger partial charge in [-0.3, -0.25) is 4.79 Å². The molecule has 0 fully saturated rings. The van der Waals surface area contributed by atoms with Crippen molar-refractivity contribution in [1.29, 1.82) is 0 Å². The highest BCUT2D eigenvalue weighted by Gasteiger charge is 2.21. The molecular formula is C15H15N5O3. The molecule has 1 amide bonds. The molecule has 0 saturated heterocycles. The molecule has 8 nitrogen and oxygen atoms in total. The first-order chi connectivity index (χ1) is 11.2. The van der Waals surface area contributed by atoms with Crippen molar-refractivity contribution in [2.24, 2.45) is 0 Å². The van der Waals surface area contributed by atoms with Crippen molar-refractivity contribution in [3.05, 3.63) is 30.1 Å². The normalized spacial score (nSPS) is 16.1. The van der Waals surface area contributed by atoms with Crippen LogP contribution in [0.4, 0.5) is 17.3 Å². The lowest BCUT2D eigenvalue weighted by molar-refractivity contribution is -0.114. The van der Waals surface area contributed by atoms with Gasteiger partial charge in [-0.2, -0.15) is 0 Å². The minimum atomic E-state index is -0.119. The fraction of sp³-hybridized carbons (Fsp3) is 0.267. The molecule has 0 unspecified atom stereocenters. The summed E-state index contributed by atoms with van der Waals surface area (Å²) in [6.45, 7) is 2.46. The first kappa shape index (κ1) is 13.6. The maximum absolute atomic E-state index is 11.6. The van der Waals surface area contributed by atoms with Crippen molar-refractivity contribution in [3.63, 3.8) is 0 Å². The number of nitrogens with one attached hydrogen (secondary N) is 3. The molecule has 2 aromatic rings. The van der Waals surface area contributed by atoms with Crippen LogP contribution < -0.4 is 25.4 Å². The minimum Gasteiger partial charge on any atom is -0.454 e. The van der Waals surface area contributed by atoms with Gasteiger partial charge in [0.2, 0.25) is 12.7 Å². The van der Waals surface area contributed by atoms with Gasteiger partial charge in [0.1, 0.15) is 12.0 Å². The third-order valence-corrected chi connectivity index (χ3v) is 3.78. The molecule has 4 rings (SSSR count). The largest absolute Gasteiger partial charge is 0.454 e. The van der Waals surface area contributed by atoms with Gasteiger partial charge < -0.3 is 25.4 Å². The van der Waals surface area contributed by atoms with Crippen molar-refractivity contribution in [3.8, 4) is 11.5 Å². The van der Waals surface area contributed by atoms with Crippen LogP contribution in [-0.2, 0) is 4.79 Å². The standard InChI is InChI=1S/C15H15N5O3/c1-8(9-2-3-10-11(4-9)23-7-22-10)19-15-13-14(17-6-18-15)16-5-12(21)20-13/h2-4,6,8H,5,7H2,1H3,(H,20,21)(H2,16,17,18,19)/t8-/m0/s1. The molecule has 2 aliphatic heterocycles. The average molecular weight is 313 g/mol. The summed E-state index contributed by atoms with van der Waals surface area (Å²) in [5.41, 5.74) is 1.59. The molecule has 0 saturated carbocycles. The van der Waals surface area contributed by atoms with E-state index >= 15 is 0 Å². The number of hydrogen-bond acceptors (Lipinski definition) is 7.